The number of unbranched alkanes of at least 4 members (excludes halogenated alkanes) is 1. The molecule has 0 saturated heterocycles. The Morgan fingerprint density at radius 3 is 2.65 bits per heavy atom. The standard InChI is InChI=1S/C17H31N3/c1-4-6-11-20(14(3)5-2)16-9-10-17(12-16,13-18)19-15-7-8-15/h14-16,19H,4-12H2,1-3H3. The first kappa shape index (κ1) is 15.8. The predicted octanol–water partition coefficient (Wildman–Crippen LogP) is 3.45. The number of nitrogens with zero attached hydrogens (tertiary/aromatic N) is 2. The summed E-state index contributed by atoms with van der Waals surface area (Å²) < 4.78 is 0. The van der Waals surface area contributed by atoms with Gasteiger partial charge in [-0.1, -0.05) is 20.3 Å². The minimum Gasteiger partial charge on any atom is -0.298 e. The Bertz CT molecular complexity index is 345. The van der Waals surface area contributed by atoms with Gasteiger partial charge < -0.3 is 0 Å². The van der Waals surface area contributed by atoms with E-state index in [9.17, 15) is 5.26 Å². The van der Waals surface area contributed by atoms with E-state index in [0.29, 0.717) is 18.1 Å². The lowest BCUT2D eigenvalue weighted by Crippen LogP contribution is -2.46. The van der Waals surface area contributed by atoms with Crippen LogP contribution in [0, 0.1) is 11.3 Å². The van der Waals surface area contributed by atoms with Crippen molar-refractivity contribution < 1.29 is 0 Å². The zero-order valence-electron chi connectivity index (χ0n) is 13.5. The summed E-state index contributed by atoms with van der Waals surface area (Å²) in [7, 11) is 0. The summed E-state index contributed by atoms with van der Waals surface area (Å²) in [6, 6.07) is 4.48. The van der Waals surface area contributed by atoms with E-state index in [0.717, 1.165) is 12.8 Å². The molecule has 0 aliphatic heterocycles. The molecular formula is C17H31N3. The molecule has 0 amide bonds. The quantitative estimate of drug-likeness (QED) is 0.738. The third kappa shape index (κ3) is 3.74. The first-order valence-electron chi connectivity index (χ1n) is 8.58. The molecule has 1 N–H and O–H groups in total. The summed E-state index contributed by atoms with van der Waals surface area (Å²) in [5.41, 5.74) is -0.232. The molecule has 3 heteroatoms. The topological polar surface area (TPSA) is 39.1 Å². The molecule has 3 nitrogen and oxygen atoms in total. The van der Waals surface area contributed by atoms with Crippen molar-refractivity contribution in [1.29, 1.82) is 5.26 Å². The molecule has 20 heavy (non-hydrogen) atoms. The lowest BCUT2D eigenvalue weighted by atomic mass is 9.98. The van der Waals surface area contributed by atoms with Crippen LogP contribution in [-0.4, -0.2) is 35.1 Å². The average Bonchev–Trinajstić information content (AvgIpc) is 3.17. The van der Waals surface area contributed by atoms with E-state index in [1.165, 1.54) is 45.1 Å². The highest BCUT2D eigenvalue weighted by molar-refractivity contribution is 5.15. The summed E-state index contributed by atoms with van der Waals surface area (Å²) >= 11 is 0. The van der Waals surface area contributed by atoms with Crippen LogP contribution < -0.4 is 5.32 Å². The number of hydrogen-bond acceptors (Lipinski definition) is 3. The van der Waals surface area contributed by atoms with Crippen molar-refractivity contribution >= 4 is 0 Å². The zero-order chi connectivity index (χ0) is 14.6. The fourth-order valence-electron chi connectivity index (χ4n) is 3.52. The fourth-order valence-corrected chi connectivity index (χ4v) is 3.52. The normalized spacial score (nSPS) is 31.4. The fraction of sp³-hybridized carbons (Fsp3) is 0.941. The molecule has 2 aliphatic carbocycles. The molecule has 0 spiro atoms. The average molecular weight is 277 g/mol. The summed E-state index contributed by atoms with van der Waals surface area (Å²) in [5, 5.41) is 13.3. The van der Waals surface area contributed by atoms with Gasteiger partial charge in [0.2, 0.25) is 0 Å². The Labute approximate surface area is 124 Å². The van der Waals surface area contributed by atoms with Crippen LogP contribution in [0.5, 0.6) is 0 Å². The molecule has 0 heterocycles. The van der Waals surface area contributed by atoms with Crippen molar-refractivity contribution in [2.75, 3.05) is 6.54 Å². The number of hydrogen-bond donors (Lipinski definition) is 1. The van der Waals surface area contributed by atoms with Crippen molar-refractivity contribution in [2.24, 2.45) is 0 Å². The van der Waals surface area contributed by atoms with Crippen molar-refractivity contribution in [1.82, 2.24) is 10.2 Å². The monoisotopic (exact) mass is 277 g/mol. The first-order valence-corrected chi connectivity index (χ1v) is 8.58. The zero-order valence-corrected chi connectivity index (χ0v) is 13.5. The molecule has 0 aromatic heterocycles. The van der Waals surface area contributed by atoms with Gasteiger partial charge in [-0.3, -0.25) is 10.2 Å². The maximum Gasteiger partial charge on any atom is 0.108 e. The molecule has 3 unspecified atom stereocenters. The van der Waals surface area contributed by atoms with E-state index in [-0.39, 0.29) is 5.54 Å². The highest BCUT2D eigenvalue weighted by Gasteiger charge is 2.44. The molecule has 2 saturated carbocycles. The SMILES string of the molecule is CCCCN(C(C)CC)C1CCC(C#N)(NC2CC2)C1. The Morgan fingerprint density at radius 2 is 2.10 bits per heavy atom. The van der Waals surface area contributed by atoms with Crippen molar-refractivity contribution in [2.45, 2.75) is 95.8 Å². The van der Waals surface area contributed by atoms with Crippen LogP contribution in [0.1, 0.15) is 72.1 Å². The van der Waals surface area contributed by atoms with E-state index >= 15 is 0 Å². The van der Waals surface area contributed by atoms with Crippen molar-refractivity contribution in [3.05, 3.63) is 0 Å². The Hall–Kier alpha value is -0.590. The van der Waals surface area contributed by atoms with Gasteiger partial charge in [0, 0.05) is 18.1 Å². The Morgan fingerprint density at radius 1 is 1.35 bits per heavy atom. The maximum atomic E-state index is 9.63. The summed E-state index contributed by atoms with van der Waals surface area (Å²) in [5.74, 6) is 0. The molecule has 0 aromatic rings. The second kappa shape index (κ2) is 6.91. The Balaban J connectivity index is 1.98. The summed E-state index contributed by atoms with van der Waals surface area (Å²) in [4.78, 5) is 2.68. The van der Waals surface area contributed by atoms with Gasteiger partial charge in [-0.25, -0.2) is 0 Å². The maximum absolute atomic E-state index is 9.63. The number of rotatable bonds is 8. The minimum absolute atomic E-state index is 0.232. The highest BCUT2D eigenvalue weighted by atomic mass is 15.2. The van der Waals surface area contributed by atoms with Crippen LogP contribution in [-0.2, 0) is 0 Å². The number of nitrogens with one attached hydrogen (secondary N) is 1. The van der Waals surface area contributed by atoms with Crippen molar-refractivity contribution in [3.63, 3.8) is 0 Å². The van der Waals surface area contributed by atoms with Gasteiger partial charge in [0.1, 0.15) is 5.54 Å². The molecule has 2 rings (SSSR count). The van der Waals surface area contributed by atoms with Crippen LogP contribution in [0.4, 0.5) is 0 Å². The molecule has 2 fully saturated rings. The molecule has 2 aliphatic rings. The smallest absolute Gasteiger partial charge is 0.108 e. The molecule has 0 aromatic carbocycles. The molecule has 3 atom stereocenters. The van der Waals surface area contributed by atoms with Gasteiger partial charge in [0.25, 0.3) is 0 Å². The van der Waals surface area contributed by atoms with E-state index in [1.807, 2.05) is 0 Å². The van der Waals surface area contributed by atoms with Gasteiger partial charge in [0.05, 0.1) is 6.07 Å². The lowest BCUT2D eigenvalue weighted by molar-refractivity contribution is 0.135. The largest absolute Gasteiger partial charge is 0.298 e. The van der Waals surface area contributed by atoms with Crippen LogP contribution in [0.2, 0.25) is 0 Å². The predicted molar refractivity (Wildman–Crippen MR) is 83.5 cm³/mol. The second-order valence-corrected chi connectivity index (χ2v) is 6.86. The highest BCUT2D eigenvalue weighted by Crippen LogP contribution is 2.37. The summed E-state index contributed by atoms with van der Waals surface area (Å²) in [6.07, 6.45) is 9.49. The van der Waals surface area contributed by atoms with Crippen LogP contribution >= 0.6 is 0 Å². The third-order valence-corrected chi connectivity index (χ3v) is 5.16. The van der Waals surface area contributed by atoms with Gasteiger partial charge in [-0.15, -0.1) is 0 Å². The molecule has 114 valence electrons. The van der Waals surface area contributed by atoms with Crippen molar-refractivity contribution in [3.8, 4) is 6.07 Å². The first-order chi connectivity index (χ1) is 9.64. The van der Waals surface area contributed by atoms with Gasteiger partial charge in [-0.2, -0.15) is 5.26 Å². The van der Waals surface area contributed by atoms with E-state index in [4.69, 9.17) is 0 Å². The number of nitriles is 1. The Kier molecular flexibility index (Phi) is 5.46. The van der Waals surface area contributed by atoms with Crippen LogP contribution in [0.3, 0.4) is 0 Å². The molecule has 0 bridgehead atoms. The van der Waals surface area contributed by atoms with E-state index in [2.05, 4.69) is 37.1 Å². The summed E-state index contributed by atoms with van der Waals surface area (Å²) in [6.45, 7) is 8.08. The second-order valence-electron chi connectivity index (χ2n) is 6.86. The van der Waals surface area contributed by atoms with E-state index in [1.54, 1.807) is 0 Å². The van der Waals surface area contributed by atoms with E-state index < -0.39 is 0 Å². The molecule has 0 radical (unpaired) electrons. The van der Waals surface area contributed by atoms with Crippen LogP contribution in [0.15, 0.2) is 0 Å². The lowest BCUT2D eigenvalue weighted by Gasteiger charge is -2.35. The molecular weight excluding hydrogens is 246 g/mol. The minimum atomic E-state index is -0.232. The van der Waals surface area contributed by atoms with Gasteiger partial charge in [-0.05, 0) is 58.4 Å². The third-order valence-electron chi connectivity index (χ3n) is 5.16. The van der Waals surface area contributed by atoms with Gasteiger partial charge >= 0.3 is 0 Å². The van der Waals surface area contributed by atoms with Gasteiger partial charge in [0.15, 0.2) is 0 Å². The van der Waals surface area contributed by atoms with Crippen LogP contribution in [0.25, 0.3) is 0 Å².